The van der Waals surface area contributed by atoms with Crippen molar-refractivity contribution in [1.82, 2.24) is 4.57 Å². The van der Waals surface area contributed by atoms with Crippen molar-refractivity contribution in [2.24, 2.45) is 0 Å². The lowest BCUT2D eigenvalue weighted by Crippen LogP contribution is -2.12. The van der Waals surface area contributed by atoms with Crippen LogP contribution in [0.1, 0.15) is 80.8 Å². The molecule has 2 heteroatoms. The van der Waals surface area contributed by atoms with Crippen LogP contribution in [0.15, 0.2) is 91.0 Å². The third kappa shape index (κ3) is 6.69. The van der Waals surface area contributed by atoms with Gasteiger partial charge in [-0.3, -0.25) is 0 Å². The second-order valence-corrected chi connectivity index (χ2v) is 9.86. The molecule has 1 heterocycles. The summed E-state index contributed by atoms with van der Waals surface area (Å²) >= 11 is 0. The van der Waals surface area contributed by atoms with Gasteiger partial charge in [0, 0.05) is 11.4 Å². The van der Waals surface area contributed by atoms with Crippen molar-refractivity contribution in [3.05, 3.63) is 113 Å². The highest BCUT2D eigenvalue weighted by atomic mass is 16.5. The second-order valence-electron chi connectivity index (χ2n) is 9.86. The summed E-state index contributed by atoms with van der Waals surface area (Å²) in [6.07, 6.45) is 8.91. The Kier molecular flexibility index (Phi) is 9.44. The summed E-state index contributed by atoms with van der Waals surface area (Å²) in [4.78, 5) is 0. The van der Waals surface area contributed by atoms with E-state index in [0.717, 1.165) is 12.2 Å². The van der Waals surface area contributed by atoms with Crippen LogP contribution in [-0.4, -0.2) is 4.57 Å². The highest BCUT2D eigenvalue weighted by Crippen LogP contribution is 2.33. The molecule has 0 aliphatic rings. The number of unbranched alkanes of at least 4 members (excludes halogenated alkanes) is 4. The van der Waals surface area contributed by atoms with E-state index in [9.17, 15) is 0 Å². The third-order valence-corrected chi connectivity index (χ3v) is 7.15. The van der Waals surface area contributed by atoms with E-state index in [0.29, 0.717) is 12.6 Å². The van der Waals surface area contributed by atoms with Gasteiger partial charge in [0.25, 0.3) is 0 Å². The van der Waals surface area contributed by atoms with Crippen LogP contribution in [0.2, 0.25) is 0 Å². The first-order valence-electron chi connectivity index (χ1n) is 13.7. The zero-order chi connectivity index (χ0) is 25.2. The van der Waals surface area contributed by atoms with Crippen LogP contribution in [0.4, 0.5) is 0 Å². The Labute approximate surface area is 218 Å². The Morgan fingerprint density at radius 2 is 1.42 bits per heavy atom. The quantitative estimate of drug-likeness (QED) is 0.174. The summed E-state index contributed by atoms with van der Waals surface area (Å²) in [5, 5.41) is 0. The second kappa shape index (κ2) is 13.2. The molecule has 0 bridgehead atoms. The van der Waals surface area contributed by atoms with E-state index in [-0.39, 0.29) is 0 Å². The van der Waals surface area contributed by atoms with Crippen molar-refractivity contribution < 1.29 is 4.74 Å². The molecule has 0 spiro atoms. The van der Waals surface area contributed by atoms with Crippen molar-refractivity contribution in [2.75, 3.05) is 0 Å². The molecule has 0 saturated heterocycles. The van der Waals surface area contributed by atoms with E-state index in [2.05, 4.69) is 98.1 Å². The van der Waals surface area contributed by atoms with E-state index < -0.39 is 0 Å². The van der Waals surface area contributed by atoms with Gasteiger partial charge >= 0.3 is 0 Å². The minimum atomic E-state index is 0.322. The van der Waals surface area contributed by atoms with Crippen LogP contribution in [0.5, 0.6) is 5.75 Å². The SMILES string of the molecule is CCCCCCCc1ccc(C(CC)n2c(C)ccc2-c2ccc(OCc3ccccc3)cc2)cc1. The topological polar surface area (TPSA) is 14.2 Å². The molecule has 4 aromatic rings. The zero-order valence-corrected chi connectivity index (χ0v) is 22.2. The molecule has 36 heavy (non-hydrogen) atoms. The molecule has 2 nitrogen and oxygen atoms in total. The molecule has 0 saturated carbocycles. The van der Waals surface area contributed by atoms with E-state index in [1.165, 1.54) is 72.2 Å². The van der Waals surface area contributed by atoms with Gasteiger partial charge in [0.15, 0.2) is 0 Å². The standard InChI is InChI=1S/C34H41NO/c1-4-6-7-8-10-13-28-17-19-30(20-18-28)33(5-2)35-27(3)16-25-34(35)31-21-23-32(24-22-31)36-26-29-14-11-9-12-15-29/h9,11-12,14-25,33H,4-8,10,13,26H2,1-3H3. The zero-order valence-electron chi connectivity index (χ0n) is 22.2. The summed E-state index contributed by atoms with van der Waals surface area (Å²) in [7, 11) is 0. The Morgan fingerprint density at radius 1 is 0.694 bits per heavy atom. The summed E-state index contributed by atoms with van der Waals surface area (Å²) in [5.74, 6) is 0.898. The molecule has 0 fully saturated rings. The number of rotatable bonds is 13. The van der Waals surface area contributed by atoms with Gasteiger partial charge in [-0.1, -0.05) is 94.1 Å². The maximum absolute atomic E-state index is 6.01. The maximum Gasteiger partial charge on any atom is 0.119 e. The van der Waals surface area contributed by atoms with Gasteiger partial charge in [-0.25, -0.2) is 0 Å². The Hall–Kier alpha value is -3.26. The van der Waals surface area contributed by atoms with Gasteiger partial charge in [0.05, 0.1) is 6.04 Å². The molecule has 0 radical (unpaired) electrons. The van der Waals surface area contributed by atoms with Crippen molar-refractivity contribution >= 4 is 0 Å². The summed E-state index contributed by atoms with van der Waals surface area (Å²) in [6, 6.07) is 33.0. The Morgan fingerprint density at radius 3 is 2.11 bits per heavy atom. The van der Waals surface area contributed by atoms with Gasteiger partial charge in [-0.05, 0) is 84.8 Å². The smallest absolute Gasteiger partial charge is 0.119 e. The molecule has 0 amide bonds. The van der Waals surface area contributed by atoms with Gasteiger partial charge < -0.3 is 9.30 Å². The summed E-state index contributed by atoms with van der Waals surface area (Å²) in [5.41, 5.74) is 7.79. The normalized spacial score (nSPS) is 12.0. The number of ether oxygens (including phenoxy) is 1. The molecule has 188 valence electrons. The van der Waals surface area contributed by atoms with Gasteiger partial charge in [-0.15, -0.1) is 0 Å². The average Bonchev–Trinajstić information content (AvgIpc) is 3.30. The predicted molar refractivity (Wildman–Crippen MR) is 153 cm³/mol. The maximum atomic E-state index is 6.01. The predicted octanol–water partition coefficient (Wildman–Crippen LogP) is 9.55. The fourth-order valence-corrected chi connectivity index (χ4v) is 5.07. The molecule has 4 rings (SSSR count). The fourth-order valence-electron chi connectivity index (χ4n) is 5.07. The first-order valence-corrected chi connectivity index (χ1v) is 13.7. The van der Waals surface area contributed by atoms with E-state index >= 15 is 0 Å². The number of hydrogen-bond donors (Lipinski definition) is 0. The minimum absolute atomic E-state index is 0.322. The van der Waals surface area contributed by atoms with Crippen LogP contribution >= 0.6 is 0 Å². The Balaban J connectivity index is 1.46. The molecule has 0 aliphatic heterocycles. The van der Waals surface area contributed by atoms with Crippen molar-refractivity contribution in [3.63, 3.8) is 0 Å². The molecular weight excluding hydrogens is 438 g/mol. The van der Waals surface area contributed by atoms with Gasteiger partial charge in [0.1, 0.15) is 12.4 Å². The first kappa shape index (κ1) is 25.8. The van der Waals surface area contributed by atoms with Gasteiger partial charge in [-0.2, -0.15) is 0 Å². The van der Waals surface area contributed by atoms with Crippen molar-refractivity contribution in [3.8, 4) is 17.0 Å². The molecule has 3 aromatic carbocycles. The van der Waals surface area contributed by atoms with Crippen LogP contribution in [0, 0.1) is 6.92 Å². The number of benzene rings is 3. The molecule has 1 aromatic heterocycles. The first-order chi connectivity index (χ1) is 17.7. The minimum Gasteiger partial charge on any atom is -0.489 e. The van der Waals surface area contributed by atoms with Crippen LogP contribution in [-0.2, 0) is 13.0 Å². The lowest BCUT2D eigenvalue weighted by molar-refractivity contribution is 0.306. The van der Waals surface area contributed by atoms with Crippen molar-refractivity contribution in [1.29, 1.82) is 0 Å². The van der Waals surface area contributed by atoms with E-state index in [1.807, 2.05) is 18.2 Å². The summed E-state index contributed by atoms with van der Waals surface area (Å²) < 4.78 is 8.51. The monoisotopic (exact) mass is 479 g/mol. The van der Waals surface area contributed by atoms with Crippen LogP contribution < -0.4 is 4.74 Å². The summed E-state index contributed by atoms with van der Waals surface area (Å²) in [6.45, 7) is 7.37. The van der Waals surface area contributed by atoms with Crippen molar-refractivity contribution in [2.45, 2.75) is 78.4 Å². The molecule has 1 atom stereocenters. The lowest BCUT2D eigenvalue weighted by Gasteiger charge is -2.23. The average molecular weight is 480 g/mol. The number of aryl methyl sites for hydroxylation is 2. The van der Waals surface area contributed by atoms with E-state index in [1.54, 1.807) is 0 Å². The molecule has 0 N–H and O–H groups in total. The molecular formula is C34H41NO. The Bertz CT molecular complexity index is 1170. The fraction of sp³-hybridized carbons (Fsp3) is 0.353. The third-order valence-electron chi connectivity index (χ3n) is 7.15. The lowest BCUT2D eigenvalue weighted by atomic mass is 9.99. The number of aromatic nitrogens is 1. The van der Waals surface area contributed by atoms with Crippen LogP contribution in [0.25, 0.3) is 11.3 Å². The van der Waals surface area contributed by atoms with Gasteiger partial charge in [0.2, 0.25) is 0 Å². The largest absolute Gasteiger partial charge is 0.489 e. The highest BCUT2D eigenvalue weighted by Gasteiger charge is 2.18. The van der Waals surface area contributed by atoms with Crippen LogP contribution in [0.3, 0.4) is 0 Å². The number of nitrogens with zero attached hydrogens (tertiary/aromatic N) is 1. The number of hydrogen-bond acceptors (Lipinski definition) is 1. The molecule has 0 aliphatic carbocycles. The molecule has 1 unspecified atom stereocenters. The van der Waals surface area contributed by atoms with E-state index in [4.69, 9.17) is 4.74 Å². The highest BCUT2D eigenvalue weighted by molar-refractivity contribution is 5.62.